The molecular formula is C10H17N3S. The van der Waals surface area contributed by atoms with Crippen molar-refractivity contribution in [2.45, 2.75) is 12.8 Å². The van der Waals surface area contributed by atoms with Crippen LogP contribution in [0.15, 0.2) is 21.8 Å². The molecule has 1 heterocycles. The van der Waals surface area contributed by atoms with Crippen molar-refractivity contribution in [3.63, 3.8) is 0 Å². The van der Waals surface area contributed by atoms with Crippen molar-refractivity contribution in [2.75, 3.05) is 20.6 Å². The molecule has 78 valence electrons. The van der Waals surface area contributed by atoms with Crippen LogP contribution in [0.2, 0.25) is 0 Å². The van der Waals surface area contributed by atoms with Gasteiger partial charge in [-0.25, -0.2) is 0 Å². The Bertz CT molecular complexity index is 280. The molecule has 0 saturated carbocycles. The van der Waals surface area contributed by atoms with Crippen LogP contribution in [0.4, 0.5) is 0 Å². The summed E-state index contributed by atoms with van der Waals surface area (Å²) in [7, 11) is 3.64. The molecule has 4 heteroatoms. The standard InChI is InChI=1S/C10H17N3S/c1-8(9-4-5-14-7-9)6-13-10(11-2)12-3/h4-5,7-8H,6H2,1-3H3,(H2,11,12,13). The number of rotatable bonds is 3. The van der Waals surface area contributed by atoms with Gasteiger partial charge in [-0.15, -0.1) is 0 Å². The van der Waals surface area contributed by atoms with Gasteiger partial charge in [-0.3, -0.25) is 4.99 Å². The minimum absolute atomic E-state index is 0.520. The van der Waals surface area contributed by atoms with E-state index < -0.39 is 0 Å². The van der Waals surface area contributed by atoms with Gasteiger partial charge in [0.1, 0.15) is 0 Å². The van der Waals surface area contributed by atoms with Crippen LogP contribution in [-0.2, 0) is 0 Å². The van der Waals surface area contributed by atoms with E-state index in [2.05, 4.69) is 39.4 Å². The Labute approximate surface area is 89.3 Å². The number of aliphatic imine (C=N–C) groups is 1. The van der Waals surface area contributed by atoms with Gasteiger partial charge in [0.05, 0.1) is 0 Å². The van der Waals surface area contributed by atoms with E-state index in [1.807, 2.05) is 7.05 Å². The largest absolute Gasteiger partial charge is 0.359 e. The summed E-state index contributed by atoms with van der Waals surface area (Å²) in [5.74, 6) is 1.36. The smallest absolute Gasteiger partial charge is 0.190 e. The second-order valence-electron chi connectivity index (χ2n) is 3.16. The molecule has 0 bridgehead atoms. The first-order valence-corrected chi connectivity index (χ1v) is 5.62. The Morgan fingerprint density at radius 3 is 2.93 bits per heavy atom. The Morgan fingerprint density at radius 2 is 2.43 bits per heavy atom. The van der Waals surface area contributed by atoms with Crippen LogP contribution in [0.25, 0.3) is 0 Å². The summed E-state index contributed by atoms with van der Waals surface area (Å²) >= 11 is 1.74. The summed E-state index contributed by atoms with van der Waals surface area (Å²) in [6.45, 7) is 3.11. The molecule has 1 aromatic heterocycles. The lowest BCUT2D eigenvalue weighted by Gasteiger charge is -2.13. The van der Waals surface area contributed by atoms with Crippen LogP contribution < -0.4 is 10.6 Å². The maximum absolute atomic E-state index is 4.06. The molecule has 0 aliphatic heterocycles. The lowest BCUT2D eigenvalue weighted by molar-refractivity contribution is 0.711. The van der Waals surface area contributed by atoms with Gasteiger partial charge in [0.2, 0.25) is 0 Å². The first-order chi connectivity index (χ1) is 6.77. The first-order valence-electron chi connectivity index (χ1n) is 4.68. The molecule has 1 unspecified atom stereocenters. The van der Waals surface area contributed by atoms with Gasteiger partial charge in [0.25, 0.3) is 0 Å². The van der Waals surface area contributed by atoms with Gasteiger partial charge < -0.3 is 10.6 Å². The minimum atomic E-state index is 0.520. The Kier molecular flexibility index (Phi) is 4.46. The molecule has 0 aromatic carbocycles. The van der Waals surface area contributed by atoms with Crippen molar-refractivity contribution in [1.29, 1.82) is 0 Å². The second kappa shape index (κ2) is 5.65. The fourth-order valence-electron chi connectivity index (χ4n) is 1.20. The summed E-state index contributed by atoms with van der Waals surface area (Å²) < 4.78 is 0. The van der Waals surface area contributed by atoms with E-state index in [-0.39, 0.29) is 0 Å². The highest BCUT2D eigenvalue weighted by Gasteiger charge is 2.05. The molecule has 1 atom stereocenters. The first kappa shape index (κ1) is 11.0. The highest BCUT2D eigenvalue weighted by Crippen LogP contribution is 2.16. The van der Waals surface area contributed by atoms with Crippen molar-refractivity contribution < 1.29 is 0 Å². The lowest BCUT2D eigenvalue weighted by atomic mass is 10.1. The van der Waals surface area contributed by atoms with Crippen LogP contribution in [0.3, 0.4) is 0 Å². The molecule has 0 spiro atoms. The molecule has 0 aliphatic rings. The molecule has 14 heavy (non-hydrogen) atoms. The molecule has 0 fully saturated rings. The predicted octanol–water partition coefficient (Wildman–Crippen LogP) is 1.65. The zero-order valence-electron chi connectivity index (χ0n) is 8.87. The molecule has 0 radical (unpaired) electrons. The Morgan fingerprint density at radius 1 is 1.64 bits per heavy atom. The van der Waals surface area contributed by atoms with Crippen LogP contribution in [0, 0.1) is 0 Å². The van der Waals surface area contributed by atoms with Crippen molar-refractivity contribution >= 4 is 17.3 Å². The number of nitrogens with zero attached hydrogens (tertiary/aromatic N) is 1. The SMILES string of the molecule is CN=C(NC)NCC(C)c1ccsc1. The van der Waals surface area contributed by atoms with E-state index in [9.17, 15) is 0 Å². The Balaban J connectivity index is 2.39. The van der Waals surface area contributed by atoms with Crippen molar-refractivity contribution in [3.05, 3.63) is 22.4 Å². The molecule has 1 rings (SSSR count). The average Bonchev–Trinajstić information content (AvgIpc) is 2.72. The van der Waals surface area contributed by atoms with Crippen LogP contribution in [0.5, 0.6) is 0 Å². The van der Waals surface area contributed by atoms with Crippen molar-refractivity contribution in [3.8, 4) is 0 Å². The summed E-state index contributed by atoms with van der Waals surface area (Å²) in [5.41, 5.74) is 1.38. The van der Waals surface area contributed by atoms with Crippen LogP contribution in [-0.4, -0.2) is 26.6 Å². The van der Waals surface area contributed by atoms with E-state index in [0.717, 1.165) is 12.5 Å². The average molecular weight is 211 g/mol. The van der Waals surface area contributed by atoms with Gasteiger partial charge in [-0.05, 0) is 28.3 Å². The van der Waals surface area contributed by atoms with Gasteiger partial charge in [-0.1, -0.05) is 6.92 Å². The molecule has 0 saturated heterocycles. The fraction of sp³-hybridized carbons (Fsp3) is 0.500. The normalized spacial score (nSPS) is 13.8. The molecule has 1 aromatic rings. The highest BCUT2D eigenvalue weighted by atomic mass is 32.1. The van der Waals surface area contributed by atoms with E-state index in [1.54, 1.807) is 18.4 Å². The third kappa shape index (κ3) is 3.03. The van der Waals surface area contributed by atoms with Crippen LogP contribution >= 0.6 is 11.3 Å². The summed E-state index contributed by atoms with van der Waals surface area (Å²) in [6.07, 6.45) is 0. The molecular weight excluding hydrogens is 194 g/mol. The van der Waals surface area contributed by atoms with Gasteiger partial charge in [-0.2, -0.15) is 11.3 Å². The number of thiophene rings is 1. The van der Waals surface area contributed by atoms with Crippen LogP contribution in [0.1, 0.15) is 18.4 Å². The maximum atomic E-state index is 4.06. The molecule has 0 aliphatic carbocycles. The quantitative estimate of drug-likeness (QED) is 0.589. The van der Waals surface area contributed by atoms with E-state index in [4.69, 9.17) is 0 Å². The van der Waals surface area contributed by atoms with E-state index in [1.165, 1.54) is 5.56 Å². The number of hydrogen-bond donors (Lipinski definition) is 2. The number of nitrogens with one attached hydrogen (secondary N) is 2. The second-order valence-corrected chi connectivity index (χ2v) is 3.94. The summed E-state index contributed by atoms with van der Waals surface area (Å²) in [4.78, 5) is 4.06. The summed E-state index contributed by atoms with van der Waals surface area (Å²) in [5, 5.41) is 10.5. The maximum Gasteiger partial charge on any atom is 0.190 e. The summed E-state index contributed by atoms with van der Waals surface area (Å²) in [6, 6.07) is 2.17. The van der Waals surface area contributed by atoms with Gasteiger partial charge >= 0.3 is 0 Å². The lowest BCUT2D eigenvalue weighted by Crippen LogP contribution is -2.36. The van der Waals surface area contributed by atoms with E-state index in [0.29, 0.717) is 5.92 Å². The minimum Gasteiger partial charge on any atom is -0.359 e. The monoisotopic (exact) mass is 211 g/mol. The third-order valence-corrected chi connectivity index (χ3v) is 2.85. The predicted molar refractivity (Wildman–Crippen MR) is 63.2 cm³/mol. The Hall–Kier alpha value is -1.03. The third-order valence-electron chi connectivity index (χ3n) is 2.15. The molecule has 0 amide bonds. The number of hydrogen-bond acceptors (Lipinski definition) is 2. The topological polar surface area (TPSA) is 36.4 Å². The van der Waals surface area contributed by atoms with Crippen molar-refractivity contribution in [1.82, 2.24) is 10.6 Å². The molecule has 3 nitrogen and oxygen atoms in total. The van der Waals surface area contributed by atoms with Gasteiger partial charge in [0, 0.05) is 20.6 Å². The van der Waals surface area contributed by atoms with Crippen molar-refractivity contribution in [2.24, 2.45) is 4.99 Å². The fourth-order valence-corrected chi connectivity index (χ4v) is 1.98. The van der Waals surface area contributed by atoms with Gasteiger partial charge in [0.15, 0.2) is 5.96 Å². The zero-order valence-corrected chi connectivity index (χ0v) is 9.69. The highest BCUT2D eigenvalue weighted by molar-refractivity contribution is 7.07. The number of guanidine groups is 1. The zero-order chi connectivity index (χ0) is 10.4. The van der Waals surface area contributed by atoms with E-state index >= 15 is 0 Å². The molecule has 2 N–H and O–H groups in total.